The van der Waals surface area contributed by atoms with E-state index in [2.05, 4.69) is 40.8 Å². The van der Waals surface area contributed by atoms with Gasteiger partial charge >= 0.3 is 0 Å². The van der Waals surface area contributed by atoms with E-state index in [4.69, 9.17) is 0 Å². The van der Waals surface area contributed by atoms with Crippen LogP contribution in [0.1, 0.15) is 40.5 Å². The van der Waals surface area contributed by atoms with Crippen molar-refractivity contribution in [1.29, 1.82) is 0 Å². The molecule has 78 valence electrons. The first-order valence-electron chi connectivity index (χ1n) is 5.66. The number of hydrogen-bond acceptors (Lipinski definition) is 0. The van der Waals surface area contributed by atoms with Gasteiger partial charge in [0.2, 0.25) is 0 Å². The van der Waals surface area contributed by atoms with Gasteiger partial charge in [-0.1, -0.05) is 52.9 Å². The maximum atomic E-state index is 2.55. The van der Waals surface area contributed by atoms with Crippen LogP contribution in [0.5, 0.6) is 0 Å². The van der Waals surface area contributed by atoms with Crippen molar-refractivity contribution < 1.29 is 0 Å². The second-order valence-corrected chi connectivity index (χ2v) is 12.3. The molecule has 1 saturated heterocycles. The zero-order valence-electron chi connectivity index (χ0n) is 10.3. The lowest BCUT2D eigenvalue weighted by atomic mass is 9.64. The Labute approximate surface area is 85.1 Å². The Kier molecular flexibility index (Phi) is 2.71. The molecule has 0 radical (unpaired) electrons. The SMILES string of the molecule is CC(C)(C)C1(C)CC[Si](C)(C)CC1. The summed E-state index contributed by atoms with van der Waals surface area (Å²) in [6.07, 6.45) is 2.94. The fraction of sp³-hybridized carbons (Fsp3) is 1.00. The van der Waals surface area contributed by atoms with Gasteiger partial charge in [-0.25, -0.2) is 0 Å². The summed E-state index contributed by atoms with van der Waals surface area (Å²) in [5, 5.41) is 0. The molecular weight excluding hydrogens is 172 g/mol. The van der Waals surface area contributed by atoms with Crippen molar-refractivity contribution in [2.45, 2.75) is 65.7 Å². The molecule has 1 rings (SSSR count). The van der Waals surface area contributed by atoms with Crippen molar-refractivity contribution in [2.24, 2.45) is 10.8 Å². The van der Waals surface area contributed by atoms with E-state index in [1.165, 1.54) is 12.8 Å². The Bertz CT molecular complexity index is 176. The molecule has 0 saturated carbocycles. The van der Waals surface area contributed by atoms with Crippen molar-refractivity contribution in [1.82, 2.24) is 0 Å². The Morgan fingerprint density at radius 2 is 1.38 bits per heavy atom. The van der Waals surface area contributed by atoms with Crippen molar-refractivity contribution in [3.8, 4) is 0 Å². The predicted octanol–water partition coefficient (Wildman–Crippen LogP) is 4.54. The molecule has 0 atom stereocenters. The molecule has 0 aliphatic carbocycles. The maximum absolute atomic E-state index is 2.55. The number of hydrogen-bond donors (Lipinski definition) is 0. The van der Waals surface area contributed by atoms with Crippen molar-refractivity contribution in [3.05, 3.63) is 0 Å². The van der Waals surface area contributed by atoms with Crippen LogP contribution in [-0.2, 0) is 0 Å². The first-order valence-corrected chi connectivity index (χ1v) is 9.08. The quantitative estimate of drug-likeness (QED) is 0.501. The van der Waals surface area contributed by atoms with Gasteiger partial charge in [0.25, 0.3) is 0 Å². The maximum Gasteiger partial charge on any atom is 0.0474 e. The molecule has 1 heterocycles. The molecule has 0 amide bonds. The lowest BCUT2D eigenvalue weighted by Gasteiger charge is -2.48. The largest absolute Gasteiger partial charge is 0.0693 e. The first-order chi connectivity index (χ1) is 5.66. The normalized spacial score (nSPS) is 27.2. The molecule has 0 N–H and O–H groups in total. The molecule has 0 nitrogen and oxygen atoms in total. The zero-order valence-corrected chi connectivity index (χ0v) is 11.3. The summed E-state index contributed by atoms with van der Waals surface area (Å²) in [7, 11) is -0.758. The summed E-state index contributed by atoms with van der Waals surface area (Å²) < 4.78 is 0. The van der Waals surface area contributed by atoms with E-state index < -0.39 is 8.07 Å². The van der Waals surface area contributed by atoms with E-state index in [1.54, 1.807) is 12.1 Å². The predicted molar refractivity (Wildman–Crippen MR) is 63.9 cm³/mol. The van der Waals surface area contributed by atoms with Crippen LogP contribution >= 0.6 is 0 Å². The van der Waals surface area contributed by atoms with Gasteiger partial charge in [-0.2, -0.15) is 0 Å². The Balaban J connectivity index is 2.68. The highest BCUT2D eigenvalue weighted by Crippen LogP contribution is 2.51. The van der Waals surface area contributed by atoms with Gasteiger partial charge in [-0.3, -0.25) is 0 Å². The third-order valence-corrected chi connectivity index (χ3v) is 7.72. The van der Waals surface area contributed by atoms with E-state index in [0.717, 1.165) is 0 Å². The molecule has 1 heteroatoms. The fourth-order valence-corrected chi connectivity index (χ4v) is 4.94. The lowest BCUT2D eigenvalue weighted by Crippen LogP contribution is -2.42. The lowest BCUT2D eigenvalue weighted by molar-refractivity contribution is 0.0906. The molecule has 0 unspecified atom stereocenters. The molecule has 1 aliphatic rings. The van der Waals surface area contributed by atoms with Crippen molar-refractivity contribution in [2.75, 3.05) is 0 Å². The Hall–Kier alpha value is 0.217. The molecule has 0 aromatic carbocycles. The van der Waals surface area contributed by atoms with Crippen LogP contribution in [0.3, 0.4) is 0 Å². The van der Waals surface area contributed by atoms with Crippen LogP contribution in [0, 0.1) is 10.8 Å². The molecule has 1 fully saturated rings. The minimum absolute atomic E-state index is 0.498. The van der Waals surface area contributed by atoms with Gasteiger partial charge in [-0.05, 0) is 23.7 Å². The molecule has 1 aliphatic heterocycles. The first kappa shape index (κ1) is 11.3. The smallest absolute Gasteiger partial charge is 0.0474 e. The highest BCUT2D eigenvalue weighted by molar-refractivity contribution is 6.77. The topological polar surface area (TPSA) is 0 Å². The molecule has 0 aromatic heterocycles. The van der Waals surface area contributed by atoms with Crippen LogP contribution in [-0.4, -0.2) is 8.07 Å². The van der Waals surface area contributed by atoms with Crippen LogP contribution in [0.2, 0.25) is 25.2 Å². The van der Waals surface area contributed by atoms with Gasteiger partial charge in [0.05, 0.1) is 0 Å². The fourth-order valence-electron chi connectivity index (χ4n) is 2.23. The summed E-state index contributed by atoms with van der Waals surface area (Å²) in [4.78, 5) is 0. The van der Waals surface area contributed by atoms with E-state index in [0.29, 0.717) is 10.8 Å². The monoisotopic (exact) mass is 198 g/mol. The molecule has 0 bridgehead atoms. The Morgan fingerprint density at radius 3 is 1.69 bits per heavy atom. The summed E-state index contributed by atoms with van der Waals surface area (Å²) in [6, 6.07) is 3.08. The average Bonchev–Trinajstić information content (AvgIpc) is 1.94. The van der Waals surface area contributed by atoms with Gasteiger partial charge in [-0.15, -0.1) is 0 Å². The standard InChI is InChI=1S/C12H26Si/c1-11(2,3)12(4)7-9-13(5,6)10-8-12/h7-10H2,1-6H3. The number of rotatable bonds is 0. The molecule has 0 aromatic rings. The van der Waals surface area contributed by atoms with Crippen LogP contribution in [0.4, 0.5) is 0 Å². The highest BCUT2D eigenvalue weighted by atomic mass is 28.3. The third kappa shape index (κ3) is 2.37. The third-order valence-electron chi connectivity index (χ3n) is 4.52. The molecule has 13 heavy (non-hydrogen) atoms. The minimum atomic E-state index is -0.758. The van der Waals surface area contributed by atoms with Gasteiger partial charge in [0.15, 0.2) is 0 Å². The van der Waals surface area contributed by atoms with Gasteiger partial charge in [0.1, 0.15) is 0 Å². The van der Waals surface area contributed by atoms with Gasteiger partial charge < -0.3 is 0 Å². The van der Waals surface area contributed by atoms with E-state index in [1.807, 2.05) is 0 Å². The molecular formula is C12H26Si. The van der Waals surface area contributed by atoms with Gasteiger partial charge in [0, 0.05) is 8.07 Å². The van der Waals surface area contributed by atoms with Crippen LogP contribution < -0.4 is 0 Å². The van der Waals surface area contributed by atoms with Crippen molar-refractivity contribution >= 4 is 8.07 Å². The van der Waals surface area contributed by atoms with Crippen molar-refractivity contribution in [3.63, 3.8) is 0 Å². The summed E-state index contributed by atoms with van der Waals surface area (Å²) in [5.74, 6) is 0. The second-order valence-electron chi connectivity index (χ2n) is 6.97. The second kappa shape index (κ2) is 3.11. The van der Waals surface area contributed by atoms with E-state index in [9.17, 15) is 0 Å². The van der Waals surface area contributed by atoms with Crippen LogP contribution in [0.25, 0.3) is 0 Å². The Morgan fingerprint density at radius 1 is 1.00 bits per heavy atom. The van der Waals surface area contributed by atoms with Crippen LogP contribution in [0.15, 0.2) is 0 Å². The zero-order chi connectivity index (χ0) is 10.3. The van der Waals surface area contributed by atoms with E-state index in [-0.39, 0.29) is 0 Å². The molecule has 0 spiro atoms. The average molecular weight is 198 g/mol. The minimum Gasteiger partial charge on any atom is -0.0693 e. The highest BCUT2D eigenvalue weighted by Gasteiger charge is 2.42. The summed E-state index contributed by atoms with van der Waals surface area (Å²) >= 11 is 0. The summed E-state index contributed by atoms with van der Waals surface area (Å²) in [6.45, 7) is 14.8. The van der Waals surface area contributed by atoms with E-state index >= 15 is 0 Å². The summed E-state index contributed by atoms with van der Waals surface area (Å²) in [5.41, 5.74) is 1.10.